The van der Waals surface area contributed by atoms with Crippen molar-refractivity contribution in [1.29, 1.82) is 0 Å². The lowest BCUT2D eigenvalue weighted by Crippen LogP contribution is -2.42. The predicted octanol–water partition coefficient (Wildman–Crippen LogP) is 1.89. The van der Waals surface area contributed by atoms with Crippen LogP contribution in [0.3, 0.4) is 0 Å². The van der Waals surface area contributed by atoms with Crippen molar-refractivity contribution in [3.8, 4) is 0 Å². The Morgan fingerprint density at radius 2 is 2.11 bits per heavy atom. The van der Waals surface area contributed by atoms with Crippen molar-refractivity contribution in [2.75, 3.05) is 13.7 Å². The second kappa shape index (κ2) is 7.26. The van der Waals surface area contributed by atoms with Gasteiger partial charge in [0.2, 0.25) is 5.91 Å². The van der Waals surface area contributed by atoms with Gasteiger partial charge in [-0.1, -0.05) is 30.3 Å². The zero-order valence-corrected chi connectivity index (χ0v) is 11.3. The maximum absolute atomic E-state index is 11.8. The first-order chi connectivity index (χ1) is 9.29. The largest absolute Gasteiger partial charge is 0.379 e. The van der Waals surface area contributed by atoms with Crippen molar-refractivity contribution in [1.82, 2.24) is 5.32 Å². The van der Waals surface area contributed by atoms with E-state index >= 15 is 0 Å². The first-order valence-corrected chi connectivity index (χ1v) is 6.73. The molecule has 2 atom stereocenters. The Bertz CT molecular complexity index is 394. The second-order valence-corrected chi connectivity index (χ2v) is 4.86. The molecule has 4 heteroatoms. The van der Waals surface area contributed by atoms with Gasteiger partial charge in [0.15, 0.2) is 0 Å². The van der Waals surface area contributed by atoms with Crippen molar-refractivity contribution in [2.24, 2.45) is 0 Å². The van der Waals surface area contributed by atoms with Gasteiger partial charge >= 0.3 is 0 Å². The number of hydrogen-bond donors (Lipinski definition) is 1. The molecule has 4 nitrogen and oxygen atoms in total. The Labute approximate surface area is 114 Å². The van der Waals surface area contributed by atoms with Crippen molar-refractivity contribution >= 4 is 5.91 Å². The van der Waals surface area contributed by atoms with Gasteiger partial charge in [-0.05, 0) is 24.8 Å². The predicted molar refractivity (Wildman–Crippen MR) is 72.7 cm³/mol. The van der Waals surface area contributed by atoms with Gasteiger partial charge in [0.1, 0.15) is 6.61 Å². The van der Waals surface area contributed by atoms with Crippen LogP contribution in [0.2, 0.25) is 0 Å². The second-order valence-electron chi connectivity index (χ2n) is 4.86. The molecular weight excluding hydrogens is 242 g/mol. The zero-order chi connectivity index (χ0) is 13.5. The summed E-state index contributed by atoms with van der Waals surface area (Å²) < 4.78 is 10.8. The first kappa shape index (κ1) is 14.0. The molecule has 0 saturated heterocycles. The summed E-state index contributed by atoms with van der Waals surface area (Å²) in [6.45, 7) is 0.564. The molecule has 19 heavy (non-hydrogen) atoms. The summed E-state index contributed by atoms with van der Waals surface area (Å²) in [6, 6.07) is 9.98. The Balaban J connectivity index is 1.67. The van der Waals surface area contributed by atoms with E-state index in [1.165, 1.54) is 0 Å². The van der Waals surface area contributed by atoms with Crippen molar-refractivity contribution in [2.45, 2.75) is 38.0 Å². The van der Waals surface area contributed by atoms with Crippen LogP contribution in [0.25, 0.3) is 0 Å². The molecule has 0 aromatic heterocycles. The number of hydrogen-bond acceptors (Lipinski definition) is 3. The highest BCUT2D eigenvalue weighted by atomic mass is 16.5. The topological polar surface area (TPSA) is 47.6 Å². The van der Waals surface area contributed by atoms with Crippen LogP contribution in [0.1, 0.15) is 24.8 Å². The van der Waals surface area contributed by atoms with E-state index in [9.17, 15) is 4.79 Å². The van der Waals surface area contributed by atoms with E-state index in [0.29, 0.717) is 6.61 Å². The number of carbonyl (C=O) groups excluding carboxylic acids is 1. The van der Waals surface area contributed by atoms with E-state index in [2.05, 4.69) is 5.32 Å². The Morgan fingerprint density at radius 1 is 1.32 bits per heavy atom. The number of methoxy groups -OCH3 is 1. The Hall–Kier alpha value is -1.39. The number of nitrogens with one attached hydrogen (secondary N) is 1. The lowest BCUT2D eigenvalue weighted by atomic mass is 10.2. The van der Waals surface area contributed by atoms with Crippen LogP contribution in [0.5, 0.6) is 0 Å². The summed E-state index contributed by atoms with van der Waals surface area (Å²) in [5.74, 6) is -0.0649. The molecule has 1 amide bonds. The molecule has 0 aliphatic heterocycles. The monoisotopic (exact) mass is 263 g/mol. The van der Waals surface area contributed by atoms with Crippen LogP contribution in [0, 0.1) is 0 Å². The van der Waals surface area contributed by atoms with Crippen molar-refractivity contribution in [3.05, 3.63) is 35.9 Å². The molecule has 0 spiro atoms. The van der Waals surface area contributed by atoms with Gasteiger partial charge in [0, 0.05) is 7.11 Å². The smallest absolute Gasteiger partial charge is 0.246 e. The fourth-order valence-corrected chi connectivity index (χ4v) is 2.46. The van der Waals surface area contributed by atoms with E-state index in [4.69, 9.17) is 9.47 Å². The van der Waals surface area contributed by atoms with E-state index in [1.54, 1.807) is 7.11 Å². The van der Waals surface area contributed by atoms with Crippen molar-refractivity contribution < 1.29 is 14.3 Å². The highest BCUT2D eigenvalue weighted by Crippen LogP contribution is 2.21. The summed E-state index contributed by atoms with van der Waals surface area (Å²) in [5.41, 5.74) is 1.07. The third-order valence-corrected chi connectivity index (χ3v) is 3.45. The molecule has 0 radical (unpaired) electrons. The molecule has 1 fully saturated rings. The highest BCUT2D eigenvalue weighted by Gasteiger charge is 2.28. The maximum atomic E-state index is 11.8. The van der Waals surface area contributed by atoms with E-state index in [1.807, 2.05) is 30.3 Å². The third kappa shape index (κ3) is 4.33. The third-order valence-electron chi connectivity index (χ3n) is 3.45. The lowest BCUT2D eigenvalue weighted by Gasteiger charge is -2.19. The molecule has 1 aliphatic rings. The molecule has 104 valence electrons. The average molecular weight is 263 g/mol. The van der Waals surface area contributed by atoms with Gasteiger partial charge < -0.3 is 14.8 Å². The fourth-order valence-electron chi connectivity index (χ4n) is 2.46. The number of carbonyl (C=O) groups is 1. The van der Waals surface area contributed by atoms with Crippen LogP contribution in [-0.4, -0.2) is 31.8 Å². The van der Waals surface area contributed by atoms with Gasteiger partial charge in [-0.25, -0.2) is 0 Å². The summed E-state index contributed by atoms with van der Waals surface area (Å²) in [6.07, 6.45) is 3.27. The maximum Gasteiger partial charge on any atom is 0.246 e. The van der Waals surface area contributed by atoms with E-state index in [-0.39, 0.29) is 24.7 Å². The minimum atomic E-state index is -0.0649. The standard InChI is InChI=1S/C15H21NO3/c1-18-14-9-5-8-13(14)16-15(17)11-19-10-12-6-3-2-4-7-12/h2-4,6-7,13-14H,5,8-11H2,1H3,(H,16,17)/t13-,14-/m0/s1. The molecule has 0 bridgehead atoms. The number of rotatable bonds is 6. The van der Waals surface area contributed by atoms with Crippen LogP contribution < -0.4 is 5.32 Å². The first-order valence-electron chi connectivity index (χ1n) is 6.73. The normalized spacial score (nSPS) is 22.4. The summed E-state index contributed by atoms with van der Waals surface area (Å²) in [7, 11) is 1.70. The van der Waals surface area contributed by atoms with Crippen LogP contribution in [0.4, 0.5) is 0 Å². The van der Waals surface area contributed by atoms with E-state index in [0.717, 1.165) is 24.8 Å². The minimum Gasteiger partial charge on any atom is -0.379 e. The molecular formula is C15H21NO3. The molecule has 1 N–H and O–H groups in total. The molecule has 0 heterocycles. The Morgan fingerprint density at radius 3 is 2.84 bits per heavy atom. The van der Waals surface area contributed by atoms with Crippen molar-refractivity contribution in [3.63, 3.8) is 0 Å². The molecule has 2 rings (SSSR count). The number of amides is 1. The SMILES string of the molecule is CO[C@H]1CCC[C@@H]1NC(=O)COCc1ccccc1. The highest BCUT2D eigenvalue weighted by molar-refractivity contribution is 5.77. The van der Waals surface area contributed by atoms with Gasteiger partial charge in [0.05, 0.1) is 18.8 Å². The quantitative estimate of drug-likeness (QED) is 0.852. The molecule has 0 unspecified atom stereocenters. The molecule has 1 aromatic rings. The fraction of sp³-hybridized carbons (Fsp3) is 0.533. The van der Waals surface area contributed by atoms with Crippen LogP contribution in [0.15, 0.2) is 30.3 Å². The molecule has 1 aliphatic carbocycles. The summed E-state index contributed by atoms with van der Waals surface area (Å²) in [5, 5.41) is 2.98. The number of ether oxygens (including phenoxy) is 2. The number of benzene rings is 1. The lowest BCUT2D eigenvalue weighted by molar-refractivity contribution is -0.127. The van der Waals surface area contributed by atoms with Gasteiger partial charge in [-0.2, -0.15) is 0 Å². The van der Waals surface area contributed by atoms with Gasteiger partial charge in [0.25, 0.3) is 0 Å². The average Bonchev–Trinajstić information content (AvgIpc) is 2.87. The summed E-state index contributed by atoms with van der Waals surface area (Å²) >= 11 is 0. The minimum absolute atomic E-state index is 0.0649. The summed E-state index contributed by atoms with van der Waals surface area (Å²) in [4.78, 5) is 11.8. The van der Waals surface area contributed by atoms with E-state index < -0.39 is 0 Å². The van der Waals surface area contributed by atoms with Gasteiger partial charge in [-0.3, -0.25) is 4.79 Å². The van der Waals surface area contributed by atoms with Gasteiger partial charge in [-0.15, -0.1) is 0 Å². The molecule has 1 saturated carbocycles. The van der Waals surface area contributed by atoms with Crippen LogP contribution in [-0.2, 0) is 20.9 Å². The van der Waals surface area contributed by atoms with Crippen LogP contribution >= 0.6 is 0 Å². The zero-order valence-electron chi connectivity index (χ0n) is 11.3. The molecule has 1 aromatic carbocycles. The Kier molecular flexibility index (Phi) is 5.36.